The fourth-order valence-corrected chi connectivity index (χ4v) is 4.06. The number of carbonyl (C=O) groups is 1. The molecule has 5 rings (SSSR count). The number of benzene rings is 2. The molecular formula is C24H20N6OS. The average Bonchev–Trinajstić information content (AvgIpc) is 3.50. The van der Waals surface area contributed by atoms with Gasteiger partial charge in [0.15, 0.2) is 0 Å². The molecule has 3 heterocycles. The monoisotopic (exact) mass is 440 g/mol. The third-order valence-corrected chi connectivity index (χ3v) is 5.95. The molecular weight excluding hydrogens is 420 g/mol. The van der Waals surface area contributed by atoms with Crippen LogP contribution in [0.1, 0.15) is 28.2 Å². The summed E-state index contributed by atoms with van der Waals surface area (Å²) in [6.45, 7) is 2.07. The Labute approximate surface area is 188 Å². The molecule has 158 valence electrons. The van der Waals surface area contributed by atoms with E-state index in [1.165, 1.54) is 11.3 Å². The summed E-state index contributed by atoms with van der Waals surface area (Å²) >= 11 is 1.41. The average molecular weight is 441 g/mol. The second-order valence-corrected chi connectivity index (χ2v) is 8.21. The normalized spacial score (nSPS) is 11.9. The van der Waals surface area contributed by atoms with Gasteiger partial charge in [-0.1, -0.05) is 36.4 Å². The number of hydrogen-bond donors (Lipinski definition) is 2. The molecule has 8 heteroatoms. The van der Waals surface area contributed by atoms with E-state index in [1.54, 1.807) is 18.6 Å². The highest BCUT2D eigenvalue weighted by Gasteiger charge is 2.12. The van der Waals surface area contributed by atoms with Crippen LogP contribution in [0.25, 0.3) is 16.9 Å². The van der Waals surface area contributed by atoms with Crippen molar-refractivity contribution in [3.05, 3.63) is 95.1 Å². The van der Waals surface area contributed by atoms with Crippen molar-refractivity contribution >= 4 is 39.9 Å². The van der Waals surface area contributed by atoms with Crippen molar-refractivity contribution in [2.75, 3.05) is 10.6 Å². The zero-order valence-corrected chi connectivity index (χ0v) is 18.1. The highest BCUT2D eigenvalue weighted by atomic mass is 32.1. The number of rotatable bonds is 6. The summed E-state index contributed by atoms with van der Waals surface area (Å²) in [7, 11) is 0. The molecule has 1 unspecified atom stereocenters. The molecule has 0 radical (unpaired) electrons. The first-order valence-corrected chi connectivity index (χ1v) is 11.0. The molecule has 0 fully saturated rings. The first kappa shape index (κ1) is 19.9. The van der Waals surface area contributed by atoms with Crippen molar-refractivity contribution in [3.8, 4) is 5.82 Å². The van der Waals surface area contributed by atoms with E-state index < -0.39 is 0 Å². The molecule has 1 atom stereocenters. The molecule has 0 saturated heterocycles. The third-order valence-electron chi connectivity index (χ3n) is 5.08. The molecule has 0 aliphatic rings. The van der Waals surface area contributed by atoms with Crippen molar-refractivity contribution in [1.82, 2.24) is 19.5 Å². The van der Waals surface area contributed by atoms with Crippen LogP contribution < -0.4 is 10.6 Å². The number of carbonyl (C=O) groups excluding carboxylic acids is 1. The van der Waals surface area contributed by atoms with Crippen LogP contribution in [0.3, 0.4) is 0 Å². The number of anilines is 2. The smallest absolute Gasteiger partial charge is 0.265 e. The van der Waals surface area contributed by atoms with Gasteiger partial charge in [0.2, 0.25) is 5.95 Å². The van der Waals surface area contributed by atoms with E-state index in [2.05, 4.69) is 44.6 Å². The van der Waals surface area contributed by atoms with E-state index in [9.17, 15) is 4.79 Å². The van der Waals surface area contributed by atoms with Gasteiger partial charge >= 0.3 is 0 Å². The number of fused-ring (bicyclic) bond motifs is 1. The van der Waals surface area contributed by atoms with Gasteiger partial charge in [-0.05, 0) is 48.2 Å². The van der Waals surface area contributed by atoms with Gasteiger partial charge in [0.25, 0.3) is 5.91 Å². The van der Waals surface area contributed by atoms with Crippen LogP contribution in [-0.4, -0.2) is 25.4 Å². The van der Waals surface area contributed by atoms with Crippen LogP contribution >= 0.6 is 11.3 Å². The molecule has 2 N–H and O–H groups in total. The van der Waals surface area contributed by atoms with Gasteiger partial charge in [-0.15, -0.1) is 11.3 Å². The summed E-state index contributed by atoms with van der Waals surface area (Å²) in [5.41, 5.74) is 3.51. The Balaban J connectivity index is 1.38. The quantitative estimate of drug-likeness (QED) is 0.374. The van der Waals surface area contributed by atoms with E-state index >= 15 is 0 Å². The zero-order valence-electron chi connectivity index (χ0n) is 17.3. The van der Waals surface area contributed by atoms with Crippen molar-refractivity contribution in [2.24, 2.45) is 0 Å². The number of imidazole rings is 1. The number of hydrogen-bond acceptors (Lipinski definition) is 6. The van der Waals surface area contributed by atoms with Crippen LogP contribution in [0.4, 0.5) is 11.6 Å². The van der Waals surface area contributed by atoms with E-state index in [1.807, 2.05) is 58.5 Å². The van der Waals surface area contributed by atoms with Gasteiger partial charge in [-0.2, -0.15) is 4.98 Å². The molecule has 0 aliphatic heterocycles. The van der Waals surface area contributed by atoms with Gasteiger partial charge in [-0.3, -0.25) is 9.36 Å². The molecule has 5 aromatic rings. The van der Waals surface area contributed by atoms with E-state index in [-0.39, 0.29) is 11.9 Å². The van der Waals surface area contributed by atoms with Crippen LogP contribution in [0.2, 0.25) is 0 Å². The molecule has 2 aromatic carbocycles. The lowest BCUT2D eigenvalue weighted by atomic mass is 10.1. The molecule has 3 aromatic heterocycles. The summed E-state index contributed by atoms with van der Waals surface area (Å²) in [5.74, 6) is 1.12. The van der Waals surface area contributed by atoms with Gasteiger partial charge in [0.1, 0.15) is 12.1 Å². The number of nitrogens with zero attached hydrogens (tertiary/aromatic N) is 4. The Hall–Kier alpha value is -4.04. The summed E-state index contributed by atoms with van der Waals surface area (Å²) in [6, 6.07) is 21.4. The maximum absolute atomic E-state index is 12.3. The maximum Gasteiger partial charge on any atom is 0.265 e. The van der Waals surface area contributed by atoms with Gasteiger partial charge in [-0.25, -0.2) is 9.97 Å². The third kappa shape index (κ3) is 4.08. The fourth-order valence-electron chi connectivity index (χ4n) is 3.45. The van der Waals surface area contributed by atoms with E-state index in [4.69, 9.17) is 0 Å². The van der Waals surface area contributed by atoms with Crippen molar-refractivity contribution in [2.45, 2.75) is 13.0 Å². The summed E-state index contributed by atoms with van der Waals surface area (Å²) in [6.07, 6.45) is 3.45. The molecule has 7 nitrogen and oxygen atoms in total. The van der Waals surface area contributed by atoms with E-state index in [0.717, 1.165) is 16.6 Å². The Morgan fingerprint density at radius 2 is 1.91 bits per heavy atom. The fraction of sp³-hybridized carbons (Fsp3) is 0.0833. The zero-order chi connectivity index (χ0) is 21.9. The lowest BCUT2D eigenvalue weighted by molar-refractivity contribution is 0.103. The highest BCUT2D eigenvalue weighted by Crippen LogP contribution is 2.23. The minimum absolute atomic E-state index is 0.0699. The summed E-state index contributed by atoms with van der Waals surface area (Å²) < 4.78 is 1.90. The molecule has 1 amide bonds. The minimum atomic E-state index is -0.127. The Kier molecular flexibility index (Phi) is 5.35. The molecule has 0 aliphatic carbocycles. The maximum atomic E-state index is 12.3. The highest BCUT2D eigenvalue weighted by molar-refractivity contribution is 7.12. The summed E-state index contributed by atoms with van der Waals surface area (Å²) in [4.78, 5) is 26.5. The molecule has 32 heavy (non-hydrogen) atoms. The van der Waals surface area contributed by atoms with Crippen molar-refractivity contribution in [1.29, 1.82) is 0 Å². The number of amides is 1. The van der Waals surface area contributed by atoms with Crippen molar-refractivity contribution < 1.29 is 4.79 Å². The van der Waals surface area contributed by atoms with Gasteiger partial charge < -0.3 is 10.6 Å². The van der Waals surface area contributed by atoms with Crippen molar-refractivity contribution in [3.63, 3.8) is 0 Å². The van der Waals surface area contributed by atoms with Crippen LogP contribution in [-0.2, 0) is 0 Å². The second-order valence-electron chi connectivity index (χ2n) is 7.26. The number of nitrogens with one attached hydrogen (secondary N) is 2. The van der Waals surface area contributed by atoms with Crippen LogP contribution in [0.15, 0.2) is 84.6 Å². The topological polar surface area (TPSA) is 84.7 Å². The van der Waals surface area contributed by atoms with Gasteiger partial charge in [0.05, 0.1) is 22.0 Å². The standard InChI is InChI=1S/C24H20N6OS/c1-16(17-6-3-2-4-7-17)27-24-25-12-11-22(29-24)30-15-26-19-14-18(9-10-20(19)30)28-23(31)21-8-5-13-32-21/h2-16H,1H3,(H,28,31)(H,25,27,29). The minimum Gasteiger partial charge on any atom is -0.348 e. The van der Waals surface area contributed by atoms with Crippen LogP contribution in [0, 0.1) is 0 Å². The molecule has 0 saturated carbocycles. The Morgan fingerprint density at radius 1 is 1.03 bits per heavy atom. The predicted octanol–water partition coefficient (Wildman–Crippen LogP) is 5.30. The number of aromatic nitrogens is 4. The SMILES string of the molecule is CC(Nc1nccc(-n2cnc3cc(NC(=O)c4cccs4)ccc32)n1)c1ccccc1. The molecule has 0 bridgehead atoms. The number of thiophene rings is 1. The van der Waals surface area contributed by atoms with Gasteiger partial charge in [0, 0.05) is 11.9 Å². The van der Waals surface area contributed by atoms with E-state index in [0.29, 0.717) is 22.3 Å². The molecule has 0 spiro atoms. The first-order chi connectivity index (χ1) is 15.7. The Bertz CT molecular complexity index is 1360. The Morgan fingerprint density at radius 3 is 2.72 bits per heavy atom. The first-order valence-electron chi connectivity index (χ1n) is 10.1. The summed E-state index contributed by atoms with van der Waals surface area (Å²) in [5, 5.41) is 8.15. The lowest BCUT2D eigenvalue weighted by Gasteiger charge is -2.14. The predicted molar refractivity (Wildman–Crippen MR) is 127 cm³/mol. The lowest BCUT2D eigenvalue weighted by Crippen LogP contribution is -2.10. The van der Waals surface area contributed by atoms with Crippen LogP contribution in [0.5, 0.6) is 0 Å². The second kappa shape index (κ2) is 8.60. The largest absolute Gasteiger partial charge is 0.348 e.